The molecule has 2 aliphatic heterocycles. The Kier molecular flexibility index (Phi) is 8.89. The topological polar surface area (TPSA) is 110 Å². The zero-order valence-corrected chi connectivity index (χ0v) is 24.8. The van der Waals surface area contributed by atoms with Crippen LogP contribution >= 0.6 is 11.3 Å². The number of likely N-dealkylation sites (N-methyl/N-ethyl adjacent to an activating group) is 1. The average Bonchev–Trinajstić information content (AvgIpc) is 3.28. The molecule has 5 rings (SSSR count). The minimum Gasteiger partial charge on any atom is -0.461 e. The van der Waals surface area contributed by atoms with Gasteiger partial charge in [0.1, 0.15) is 17.4 Å². The van der Waals surface area contributed by atoms with Crippen molar-refractivity contribution in [3.05, 3.63) is 76.7 Å². The zero-order valence-electron chi connectivity index (χ0n) is 24.0. The summed E-state index contributed by atoms with van der Waals surface area (Å²) in [5.74, 6) is -1.26. The third kappa shape index (κ3) is 6.63. The largest absolute Gasteiger partial charge is 0.461 e. The second-order valence-corrected chi connectivity index (χ2v) is 11.6. The Morgan fingerprint density at radius 2 is 1.71 bits per heavy atom. The molecule has 0 aliphatic carbocycles. The molecule has 1 aromatic heterocycles. The summed E-state index contributed by atoms with van der Waals surface area (Å²) in [5, 5.41) is 4.59. The van der Waals surface area contributed by atoms with Gasteiger partial charge in [-0.1, -0.05) is 30.3 Å². The van der Waals surface area contributed by atoms with Crippen LogP contribution in [-0.4, -0.2) is 85.1 Å². The number of aryl methyl sites for hydroxylation is 1. The van der Waals surface area contributed by atoms with Crippen LogP contribution in [0, 0.1) is 6.92 Å². The van der Waals surface area contributed by atoms with Gasteiger partial charge >= 0.3 is 17.9 Å². The third-order valence-electron chi connectivity index (χ3n) is 7.22. The van der Waals surface area contributed by atoms with Crippen molar-refractivity contribution < 1.29 is 28.6 Å². The minimum absolute atomic E-state index is 0.103. The lowest BCUT2D eigenvalue weighted by atomic mass is 10.1. The molecule has 11 heteroatoms. The van der Waals surface area contributed by atoms with Crippen LogP contribution in [0.2, 0.25) is 0 Å². The Balaban J connectivity index is 1.19. The van der Waals surface area contributed by atoms with Crippen LogP contribution in [0.15, 0.2) is 65.7 Å². The molecule has 2 aliphatic rings. The van der Waals surface area contributed by atoms with E-state index in [2.05, 4.69) is 28.1 Å². The van der Waals surface area contributed by atoms with Crippen molar-refractivity contribution >= 4 is 51.5 Å². The molecule has 42 heavy (non-hydrogen) atoms. The summed E-state index contributed by atoms with van der Waals surface area (Å²) in [5.41, 5.74) is 3.20. The first kappa shape index (κ1) is 29.3. The number of nitrogens with one attached hydrogen (secondary N) is 1. The Morgan fingerprint density at radius 1 is 1.00 bits per heavy atom. The number of anilines is 2. The molecule has 0 saturated carbocycles. The van der Waals surface area contributed by atoms with Crippen molar-refractivity contribution in [3.63, 3.8) is 0 Å². The van der Waals surface area contributed by atoms with E-state index in [1.165, 1.54) is 18.7 Å². The number of hydrogen-bond acceptors (Lipinski definition) is 11. The summed E-state index contributed by atoms with van der Waals surface area (Å²) < 4.78 is 16.0. The maximum Gasteiger partial charge on any atom is 0.348 e. The lowest BCUT2D eigenvalue weighted by Crippen LogP contribution is -2.55. The number of thiophene rings is 1. The van der Waals surface area contributed by atoms with Crippen molar-refractivity contribution in [3.8, 4) is 0 Å². The van der Waals surface area contributed by atoms with Gasteiger partial charge in [-0.25, -0.2) is 19.4 Å². The SMILES string of the molecule is Cc1cc2c(s1)Nc1ccccc1N=C2N1CCN(C)C(COC(=O)[C@H](C)OC(=O)[C@H](C)OC(=O)c2ccccc2)C1. The highest BCUT2D eigenvalue weighted by Crippen LogP contribution is 2.39. The minimum atomic E-state index is -1.18. The number of aliphatic imine (C=N–C) groups is 1. The molecule has 3 atom stereocenters. The van der Waals surface area contributed by atoms with E-state index in [-0.39, 0.29) is 12.6 Å². The fraction of sp³-hybridized carbons (Fsp3) is 0.355. The predicted molar refractivity (Wildman–Crippen MR) is 161 cm³/mol. The van der Waals surface area contributed by atoms with E-state index in [1.807, 2.05) is 31.3 Å². The van der Waals surface area contributed by atoms with Crippen LogP contribution in [0.4, 0.5) is 16.4 Å². The molecule has 1 N–H and O–H groups in total. The number of carbonyl (C=O) groups excluding carboxylic acids is 3. The maximum atomic E-state index is 12.8. The van der Waals surface area contributed by atoms with E-state index in [4.69, 9.17) is 19.2 Å². The van der Waals surface area contributed by atoms with Gasteiger partial charge in [0.15, 0.2) is 12.2 Å². The molecular formula is C31H34N4O6S. The molecule has 0 bridgehead atoms. The molecule has 3 aromatic rings. The molecule has 10 nitrogen and oxygen atoms in total. The average molecular weight is 591 g/mol. The zero-order chi connectivity index (χ0) is 29.8. The van der Waals surface area contributed by atoms with Crippen LogP contribution in [0.25, 0.3) is 0 Å². The number of benzene rings is 2. The number of hydrogen-bond donors (Lipinski definition) is 1. The highest BCUT2D eigenvalue weighted by Gasteiger charge is 2.32. The summed E-state index contributed by atoms with van der Waals surface area (Å²) in [6.07, 6.45) is -2.35. The molecule has 0 radical (unpaired) electrons. The highest BCUT2D eigenvalue weighted by atomic mass is 32.1. The van der Waals surface area contributed by atoms with Crippen LogP contribution in [-0.2, 0) is 23.8 Å². The number of nitrogens with zero attached hydrogens (tertiary/aromatic N) is 3. The number of rotatable bonds is 7. The van der Waals surface area contributed by atoms with Crippen LogP contribution in [0.3, 0.4) is 0 Å². The molecule has 220 valence electrons. The third-order valence-corrected chi connectivity index (χ3v) is 8.19. The highest BCUT2D eigenvalue weighted by molar-refractivity contribution is 7.16. The fourth-order valence-electron chi connectivity index (χ4n) is 4.77. The molecule has 3 heterocycles. The Labute approximate surface area is 248 Å². The van der Waals surface area contributed by atoms with Crippen molar-refractivity contribution in [2.45, 2.75) is 39.0 Å². The Bertz CT molecular complexity index is 1490. The van der Waals surface area contributed by atoms with Crippen molar-refractivity contribution in [1.82, 2.24) is 9.80 Å². The second-order valence-electron chi connectivity index (χ2n) is 10.4. The van der Waals surface area contributed by atoms with Crippen LogP contribution in [0.5, 0.6) is 0 Å². The van der Waals surface area contributed by atoms with Gasteiger partial charge in [0.25, 0.3) is 0 Å². The van der Waals surface area contributed by atoms with E-state index in [9.17, 15) is 14.4 Å². The molecule has 1 fully saturated rings. The second kappa shape index (κ2) is 12.7. The first-order chi connectivity index (χ1) is 20.2. The summed E-state index contributed by atoms with van der Waals surface area (Å²) in [4.78, 5) is 48.1. The van der Waals surface area contributed by atoms with Gasteiger partial charge in [0.05, 0.1) is 28.5 Å². The van der Waals surface area contributed by atoms with Crippen LogP contribution in [0.1, 0.15) is 34.6 Å². The van der Waals surface area contributed by atoms with Gasteiger partial charge in [0.2, 0.25) is 0 Å². The number of fused-ring (bicyclic) bond motifs is 2. The van der Waals surface area contributed by atoms with Gasteiger partial charge in [-0.15, -0.1) is 11.3 Å². The maximum absolute atomic E-state index is 12.8. The van der Waals surface area contributed by atoms with Gasteiger partial charge in [-0.3, -0.25) is 4.90 Å². The molecule has 2 aromatic carbocycles. The van der Waals surface area contributed by atoms with E-state index in [0.29, 0.717) is 12.1 Å². The lowest BCUT2D eigenvalue weighted by Gasteiger charge is -2.40. The van der Waals surface area contributed by atoms with E-state index in [0.717, 1.165) is 40.9 Å². The number of ether oxygens (including phenoxy) is 3. The lowest BCUT2D eigenvalue weighted by molar-refractivity contribution is -0.172. The van der Waals surface area contributed by atoms with Crippen molar-refractivity contribution in [2.75, 3.05) is 38.6 Å². The number of para-hydroxylation sites is 2. The normalized spacial score (nSPS) is 17.9. The standard InChI is InChI=1S/C31H34N4O6S/c1-19-16-24-27(32-25-12-8-9-13-26(25)33-28(24)42-19)35-15-14-34(4)23(17-35)18-39-29(36)20(2)40-30(37)21(3)41-31(38)22-10-6-5-7-11-22/h5-13,16,20-21,23,33H,14-15,17-18H2,1-4H3/t20-,21-,23?/m0/s1. The van der Waals surface area contributed by atoms with Gasteiger partial charge in [-0.2, -0.15) is 0 Å². The summed E-state index contributed by atoms with van der Waals surface area (Å²) in [6.45, 7) is 7.15. The number of carbonyl (C=O) groups is 3. The van der Waals surface area contributed by atoms with Gasteiger partial charge < -0.3 is 24.4 Å². The number of amidine groups is 1. The molecule has 1 unspecified atom stereocenters. The molecule has 1 saturated heterocycles. The summed E-state index contributed by atoms with van der Waals surface area (Å²) >= 11 is 1.69. The number of esters is 3. The Morgan fingerprint density at radius 3 is 2.50 bits per heavy atom. The van der Waals surface area contributed by atoms with E-state index in [1.54, 1.807) is 41.7 Å². The first-order valence-corrected chi connectivity index (χ1v) is 14.6. The van der Waals surface area contributed by atoms with Crippen molar-refractivity contribution in [2.24, 2.45) is 4.99 Å². The predicted octanol–water partition coefficient (Wildman–Crippen LogP) is 4.53. The number of piperazine rings is 1. The van der Waals surface area contributed by atoms with Crippen molar-refractivity contribution in [1.29, 1.82) is 0 Å². The molecule has 0 amide bonds. The van der Waals surface area contributed by atoms with Gasteiger partial charge in [-0.05, 0) is 58.2 Å². The summed E-state index contributed by atoms with van der Waals surface area (Å²) in [6, 6.07) is 18.4. The quantitative estimate of drug-likeness (QED) is 0.314. The molecule has 0 spiro atoms. The van der Waals surface area contributed by atoms with E-state index >= 15 is 0 Å². The van der Waals surface area contributed by atoms with Crippen LogP contribution < -0.4 is 5.32 Å². The van der Waals surface area contributed by atoms with Gasteiger partial charge in [0, 0.05) is 24.5 Å². The monoisotopic (exact) mass is 590 g/mol. The Hall–Kier alpha value is -4.22. The summed E-state index contributed by atoms with van der Waals surface area (Å²) in [7, 11) is 1.99. The molecular weight excluding hydrogens is 556 g/mol. The first-order valence-electron chi connectivity index (χ1n) is 13.8. The fourth-order valence-corrected chi connectivity index (χ4v) is 5.69. The smallest absolute Gasteiger partial charge is 0.348 e. The van der Waals surface area contributed by atoms with E-state index < -0.39 is 30.1 Å².